The van der Waals surface area contributed by atoms with Crippen molar-refractivity contribution >= 4 is 39.1 Å². The largest absolute Gasteiger partial charge is 0.323 e. The van der Waals surface area contributed by atoms with Crippen LogP contribution in [0.2, 0.25) is 0 Å². The number of aryl methyl sites for hydroxylation is 1. The molecule has 7 heteroatoms. The molecule has 0 bridgehead atoms. The standard InChI is InChI=1S/C28H26N2O3S2/c1-2-22-13-9-11-19-26(22)30(35(32,33)24-16-7-4-8-17-24)21-28(31)29-25-18-10-12-20-27(25)34-23-14-5-3-6-15-23/h3-20H,2,21H2,1H3,(H,29,31). The average molecular weight is 503 g/mol. The van der Waals surface area contributed by atoms with E-state index in [1.807, 2.05) is 73.7 Å². The van der Waals surface area contributed by atoms with Gasteiger partial charge in [-0.1, -0.05) is 85.4 Å². The first kappa shape index (κ1) is 24.6. The molecule has 0 aliphatic heterocycles. The Bertz CT molecular complexity index is 1390. The molecule has 4 aromatic carbocycles. The van der Waals surface area contributed by atoms with E-state index in [-0.39, 0.29) is 11.4 Å². The van der Waals surface area contributed by atoms with Crippen LogP contribution in [0.15, 0.2) is 124 Å². The summed E-state index contributed by atoms with van der Waals surface area (Å²) >= 11 is 1.53. The number of rotatable bonds is 9. The van der Waals surface area contributed by atoms with Gasteiger partial charge in [0.15, 0.2) is 0 Å². The zero-order valence-electron chi connectivity index (χ0n) is 19.3. The number of carbonyl (C=O) groups is 1. The average Bonchev–Trinajstić information content (AvgIpc) is 2.89. The Morgan fingerprint density at radius 1 is 0.800 bits per heavy atom. The highest BCUT2D eigenvalue weighted by Gasteiger charge is 2.28. The van der Waals surface area contributed by atoms with Crippen LogP contribution in [-0.4, -0.2) is 20.9 Å². The zero-order chi connectivity index (χ0) is 24.7. The minimum atomic E-state index is -3.97. The molecular weight excluding hydrogens is 476 g/mol. The van der Waals surface area contributed by atoms with Crippen molar-refractivity contribution < 1.29 is 13.2 Å². The first-order valence-corrected chi connectivity index (χ1v) is 13.5. The Labute approximate surface area is 210 Å². The predicted octanol–water partition coefficient (Wildman–Crippen LogP) is 6.23. The molecule has 0 fully saturated rings. The Balaban J connectivity index is 1.64. The van der Waals surface area contributed by atoms with Crippen molar-refractivity contribution in [3.8, 4) is 0 Å². The third-order valence-electron chi connectivity index (χ3n) is 5.39. The molecule has 1 amide bonds. The second-order valence-electron chi connectivity index (χ2n) is 7.77. The highest BCUT2D eigenvalue weighted by Crippen LogP contribution is 2.33. The minimum Gasteiger partial charge on any atom is -0.323 e. The van der Waals surface area contributed by atoms with Gasteiger partial charge < -0.3 is 5.32 Å². The summed E-state index contributed by atoms with van der Waals surface area (Å²) in [4.78, 5) is 15.3. The lowest BCUT2D eigenvalue weighted by molar-refractivity contribution is -0.114. The molecule has 0 saturated heterocycles. The lowest BCUT2D eigenvalue weighted by Crippen LogP contribution is -2.38. The van der Waals surface area contributed by atoms with Crippen LogP contribution in [-0.2, 0) is 21.2 Å². The van der Waals surface area contributed by atoms with E-state index >= 15 is 0 Å². The molecule has 0 atom stereocenters. The van der Waals surface area contributed by atoms with Gasteiger partial charge in [-0.15, -0.1) is 0 Å². The zero-order valence-corrected chi connectivity index (χ0v) is 20.9. The normalized spacial score (nSPS) is 11.1. The number of nitrogens with zero attached hydrogens (tertiary/aromatic N) is 1. The van der Waals surface area contributed by atoms with Crippen LogP contribution in [0.25, 0.3) is 0 Å². The number of benzene rings is 4. The molecule has 0 aliphatic carbocycles. The minimum absolute atomic E-state index is 0.138. The van der Waals surface area contributed by atoms with Gasteiger partial charge in [0.25, 0.3) is 10.0 Å². The van der Waals surface area contributed by atoms with Gasteiger partial charge in [0.05, 0.1) is 16.3 Å². The fourth-order valence-corrected chi connectivity index (χ4v) is 6.07. The molecule has 5 nitrogen and oxygen atoms in total. The summed E-state index contributed by atoms with van der Waals surface area (Å²) in [6.07, 6.45) is 0.634. The van der Waals surface area contributed by atoms with Crippen LogP contribution in [0.3, 0.4) is 0 Å². The summed E-state index contributed by atoms with van der Waals surface area (Å²) in [5.74, 6) is -0.420. The van der Waals surface area contributed by atoms with Crippen LogP contribution < -0.4 is 9.62 Å². The Morgan fingerprint density at radius 2 is 1.40 bits per heavy atom. The molecule has 0 radical (unpaired) electrons. The number of amides is 1. The van der Waals surface area contributed by atoms with Crippen molar-refractivity contribution in [2.75, 3.05) is 16.2 Å². The second-order valence-corrected chi connectivity index (χ2v) is 10.7. The number of para-hydroxylation sites is 2. The van der Waals surface area contributed by atoms with Gasteiger partial charge in [-0.25, -0.2) is 8.42 Å². The lowest BCUT2D eigenvalue weighted by atomic mass is 10.1. The Morgan fingerprint density at radius 3 is 2.11 bits per heavy atom. The SMILES string of the molecule is CCc1ccccc1N(CC(=O)Nc1ccccc1Sc1ccccc1)S(=O)(=O)c1ccccc1. The maximum absolute atomic E-state index is 13.6. The first-order valence-electron chi connectivity index (χ1n) is 11.3. The van der Waals surface area contributed by atoms with E-state index in [0.29, 0.717) is 17.8 Å². The molecule has 0 spiro atoms. The summed E-state index contributed by atoms with van der Waals surface area (Å²) in [5, 5.41) is 2.93. The van der Waals surface area contributed by atoms with Crippen LogP contribution >= 0.6 is 11.8 Å². The lowest BCUT2D eigenvalue weighted by Gasteiger charge is -2.26. The number of nitrogens with one attached hydrogen (secondary N) is 1. The molecule has 0 saturated carbocycles. The molecule has 4 aromatic rings. The number of hydrogen-bond donors (Lipinski definition) is 1. The van der Waals surface area contributed by atoms with Gasteiger partial charge >= 0.3 is 0 Å². The van der Waals surface area contributed by atoms with Crippen LogP contribution in [0.1, 0.15) is 12.5 Å². The van der Waals surface area contributed by atoms with E-state index in [4.69, 9.17) is 0 Å². The molecule has 0 heterocycles. The van der Waals surface area contributed by atoms with Crippen molar-refractivity contribution in [3.05, 3.63) is 115 Å². The highest BCUT2D eigenvalue weighted by molar-refractivity contribution is 7.99. The Hall–Kier alpha value is -3.55. The van der Waals surface area contributed by atoms with Crippen LogP contribution in [0.4, 0.5) is 11.4 Å². The van der Waals surface area contributed by atoms with Gasteiger partial charge in [-0.3, -0.25) is 9.10 Å². The maximum Gasteiger partial charge on any atom is 0.264 e. The van der Waals surface area contributed by atoms with E-state index in [1.54, 1.807) is 42.5 Å². The third-order valence-corrected chi connectivity index (χ3v) is 8.25. The third kappa shape index (κ3) is 5.93. The predicted molar refractivity (Wildman–Crippen MR) is 142 cm³/mol. The monoisotopic (exact) mass is 502 g/mol. The van der Waals surface area contributed by atoms with Gasteiger partial charge in [0, 0.05) is 9.79 Å². The highest BCUT2D eigenvalue weighted by atomic mass is 32.2. The molecule has 0 unspecified atom stereocenters. The summed E-state index contributed by atoms with van der Waals surface area (Å²) in [6, 6.07) is 32.8. The van der Waals surface area contributed by atoms with Crippen LogP contribution in [0, 0.1) is 0 Å². The molecule has 178 valence electrons. The smallest absolute Gasteiger partial charge is 0.264 e. The van der Waals surface area contributed by atoms with Gasteiger partial charge in [0.1, 0.15) is 6.54 Å². The fourth-order valence-electron chi connectivity index (χ4n) is 3.67. The number of anilines is 2. The molecular formula is C28H26N2O3S2. The molecule has 4 rings (SSSR count). The van der Waals surface area contributed by atoms with Crippen LogP contribution in [0.5, 0.6) is 0 Å². The topological polar surface area (TPSA) is 66.5 Å². The quantitative estimate of drug-likeness (QED) is 0.294. The molecule has 35 heavy (non-hydrogen) atoms. The van der Waals surface area contributed by atoms with E-state index < -0.39 is 15.9 Å². The Kier molecular flexibility index (Phi) is 7.90. The van der Waals surface area contributed by atoms with E-state index in [1.165, 1.54) is 16.1 Å². The van der Waals surface area contributed by atoms with Crippen molar-refractivity contribution in [1.29, 1.82) is 0 Å². The van der Waals surface area contributed by atoms with Gasteiger partial charge in [0.2, 0.25) is 5.91 Å². The van der Waals surface area contributed by atoms with Crippen molar-refractivity contribution in [2.45, 2.75) is 28.0 Å². The molecule has 0 aliphatic rings. The summed E-state index contributed by atoms with van der Waals surface area (Å²) < 4.78 is 28.5. The fraction of sp³-hybridized carbons (Fsp3) is 0.107. The van der Waals surface area contributed by atoms with Crippen molar-refractivity contribution in [2.24, 2.45) is 0 Å². The summed E-state index contributed by atoms with van der Waals surface area (Å²) in [7, 11) is -3.97. The first-order chi connectivity index (χ1) is 17.0. The van der Waals surface area contributed by atoms with Crippen molar-refractivity contribution in [3.63, 3.8) is 0 Å². The maximum atomic E-state index is 13.6. The number of sulfonamides is 1. The van der Waals surface area contributed by atoms with Gasteiger partial charge in [-0.05, 0) is 54.4 Å². The van der Waals surface area contributed by atoms with Gasteiger partial charge in [-0.2, -0.15) is 0 Å². The number of hydrogen-bond acceptors (Lipinski definition) is 4. The van der Waals surface area contributed by atoms with E-state index in [9.17, 15) is 13.2 Å². The summed E-state index contributed by atoms with van der Waals surface area (Å²) in [6.45, 7) is 1.61. The number of carbonyl (C=O) groups excluding carboxylic acids is 1. The molecule has 1 N–H and O–H groups in total. The van der Waals surface area contributed by atoms with Crippen molar-refractivity contribution in [1.82, 2.24) is 0 Å². The molecule has 0 aromatic heterocycles. The van der Waals surface area contributed by atoms with E-state index in [2.05, 4.69) is 5.32 Å². The van der Waals surface area contributed by atoms with E-state index in [0.717, 1.165) is 15.4 Å². The second kappa shape index (κ2) is 11.3. The summed E-state index contributed by atoms with van der Waals surface area (Å²) in [5.41, 5.74) is 1.98.